The Bertz CT molecular complexity index is 1010. The summed E-state index contributed by atoms with van der Waals surface area (Å²) in [5.74, 6) is 0.181. The number of aromatic nitrogens is 1. The van der Waals surface area contributed by atoms with Crippen LogP contribution in [-0.2, 0) is 4.79 Å². The third kappa shape index (κ3) is 3.35. The molecule has 4 rings (SSSR count). The highest BCUT2D eigenvalue weighted by Gasteiger charge is 2.22. The van der Waals surface area contributed by atoms with Crippen molar-refractivity contribution < 1.29 is 4.79 Å². The monoisotopic (exact) mass is 363 g/mol. The van der Waals surface area contributed by atoms with Gasteiger partial charge in [-0.15, -0.1) is 11.3 Å². The van der Waals surface area contributed by atoms with E-state index in [0.29, 0.717) is 18.2 Å². The SMILES string of the molecule is NC[C@H](NC1=N/C(=C\c2ccc3ncsc3c2)C(=O)N1)c1ccccc1. The van der Waals surface area contributed by atoms with E-state index in [4.69, 9.17) is 5.73 Å². The number of carbonyl (C=O) groups is 1. The molecule has 1 atom stereocenters. The number of hydrogen-bond acceptors (Lipinski definition) is 6. The van der Waals surface area contributed by atoms with E-state index < -0.39 is 0 Å². The van der Waals surface area contributed by atoms with E-state index in [9.17, 15) is 4.79 Å². The van der Waals surface area contributed by atoms with Gasteiger partial charge in [-0.3, -0.25) is 10.1 Å². The number of nitrogens with zero attached hydrogens (tertiary/aromatic N) is 2. The number of fused-ring (bicyclic) bond motifs is 1. The fraction of sp³-hybridized carbons (Fsp3) is 0.105. The lowest BCUT2D eigenvalue weighted by molar-refractivity contribution is -0.115. The second-order valence-corrected chi connectivity index (χ2v) is 6.75. The number of guanidine groups is 1. The summed E-state index contributed by atoms with van der Waals surface area (Å²) in [7, 11) is 0. The number of benzene rings is 2. The summed E-state index contributed by atoms with van der Waals surface area (Å²) in [6.07, 6.45) is 1.77. The van der Waals surface area contributed by atoms with Crippen molar-refractivity contribution in [2.75, 3.05) is 6.54 Å². The van der Waals surface area contributed by atoms with Crippen molar-refractivity contribution in [1.82, 2.24) is 15.6 Å². The normalized spacial score (nSPS) is 16.6. The second-order valence-electron chi connectivity index (χ2n) is 5.87. The summed E-state index contributed by atoms with van der Waals surface area (Å²) in [5.41, 5.74) is 10.9. The molecule has 0 unspecified atom stereocenters. The van der Waals surface area contributed by atoms with Crippen LogP contribution in [0.3, 0.4) is 0 Å². The van der Waals surface area contributed by atoms with Crippen LogP contribution in [0.4, 0.5) is 0 Å². The Morgan fingerprint density at radius 1 is 1.23 bits per heavy atom. The number of amides is 1. The number of hydrogen-bond donors (Lipinski definition) is 3. The molecule has 130 valence electrons. The van der Waals surface area contributed by atoms with Crippen molar-refractivity contribution in [1.29, 1.82) is 0 Å². The highest BCUT2D eigenvalue weighted by molar-refractivity contribution is 7.16. The van der Waals surface area contributed by atoms with Crippen LogP contribution in [0, 0.1) is 0 Å². The molecule has 0 saturated heterocycles. The largest absolute Gasteiger partial charge is 0.348 e. The predicted octanol–water partition coefficient (Wildman–Crippen LogP) is 2.41. The molecule has 0 bridgehead atoms. The van der Waals surface area contributed by atoms with Gasteiger partial charge in [-0.2, -0.15) is 0 Å². The lowest BCUT2D eigenvalue weighted by atomic mass is 10.1. The van der Waals surface area contributed by atoms with Crippen molar-refractivity contribution in [2.24, 2.45) is 10.7 Å². The van der Waals surface area contributed by atoms with E-state index in [1.807, 2.05) is 48.5 Å². The highest BCUT2D eigenvalue weighted by atomic mass is 32.1. The van der Waals surface area contributed by atoms with Crippen molar-refractivity contribution >= 4 is 39.5 Å². The molecule has 0 spiro atoms. The summed E-state index contributed by atoms with van der Waals surface area (Å²) in [5, 5.41) is 5.96. The molecule has 2 aromatic carbocycles. The maximum atomic E-state index is 12.2. The number of carbonyl (C=O) groups excluding carboxylic acids is 1. The summed E-state index contributed by atoms with van der Waals surface area (Å²) < 4.78 is 1.08. The van der Waals surface area contributed by atoms with Crippen LogP contribution in [0.1, 0.15) is 17.2 Å². The van der Waals surface area contributed by atoms with E-state index in [2.05, 4.69) is 20.6 Å². The molecule has 1 amide bonds. The van der Waals surface area contributed by atoms with Gasteiger partial charge in [-0.05, 0) is 29.3 Å². The Kier molecular flexibility index (Phi) is 4.47. The minimum Gasteiger partial charge on any atom is -0.348 e. The second kappa shape index (κ2) is 7.07. The first-order valence-corrected chi connectivity index (χ1v) is 9.07. The molecule has 1 aromatic heterocycles. The van der Waals surface area contributed by atoms with Gasteiger partial charge >= 0.3 is 0 Å². The average molecular weight is 363 g/mol. The summed E-state index contributed by atoms with van der Waals surface area (Å²) >= 11 is 1.57. The van der Waals surface area contributed by atoms with Crippen molar-refractivity contribution in [3.63, 3.8) is 0 Å². The zero-order valence-electron chi connectivity index (χ0n) is 13.8. The van der Waals surface area contributed by atoms with Crippen molar-refractivity contribution in [3.8, 4) is 0 Å². The zero-order valence-corrected chi connectivity index (χ0v) is 14.7. The Morgan fingerprint density at radius 2 is 2.08 bits per heavy atom. The van der Waals surface area contributed by atoms with Gasteiger partial charge in [-0.1, -0.05) is 36.4 Å². The molecule has 6 nitrogen and oxygen atoms in total. The molecule has 0 fully saturated rings. The van der Waals surface area contributed by atoms with Gasteiger partial charge < -0.3 is 11.1 Å². The highest BCUT2D eigenvalue weighted by Crippen LogP contribution is 2.21. The molecule has 7 heteroatoms. The first-order valence-electron chi connectivity index (χ1n) is 8.19. The van der Waals surface area contributed by atoms with Gasteiger partial charge in [0.05, 0.1) is 21.8 Å². The Labute approximate surface area is 154 Å². The van der Waals surface area contributed by atoms with Gasteiger partial charge in [0.2, 0.25) is 5.96 Å². The molecule has 0 saturated carbocycles. The Balaban J connectivity index is 1.56. The van der Waals surface area contributed by atoms with Crippen LogP contribution in [0.2, 0.25) is 0 Å². The van der Waals surface area contributed by atoms with Crippen molar-refractivity contribution in [2.45, 2.75) is 6.04 Å². The van der Waals surface area contributed by atoms with E-state index in [-0.39, 0.29) is 11.9 Å². The van der Waals surface area contributed by atoms with Crippen LogP contribution in [0.5, 0.6) is 0 Å². The molecular formula is C19H17N5OS. The lowest BCUT2D eigenvalue weighted by Gasteiger charge is -2.17. The number of aliphatic imine (C=N–C) groups is 1. The molecule has 0 radical (unpaired) electrons. The fourth-order valence-corrected chi connectivity index (χ4v) is 3.51. The molecule has 4 N–H and O–H groups in total. The third-order valence-corrected chi connectivity index (χ3v) is 4.90. The molecule has 0 aliphatic carbocycles. The Morgan fingerprint density at radius 3 is 2.88 bits per heavy atom. The van der Waals surface area contributed by atoms with Crippen molar-refractivity contribution in [3.05, 3.63) is 70.9 Å². The number of thiazole rings is 1. The third-order valence-electron chi connectivity index (χ3n) is 4.10. The quantitative estimate of drug-likeness (QED) is 0.621. The van der Waals surface area contributed by atoms with Crippen LogP contribution in [-0.4, -0.2) is 23.4 Å². The average Bonchev–Trinajstić information content (AvgIpc) is 3.26. The van der Waals surface area contributed by atoms with Gasteiger partial charge in [0.15, 0.2) is 0 Å². The molecule has 1 aliphatic rings. The first-order chi connectivity index (χ1) is 12.7. The van der Waals surface area contributed by atoms with E-state index in [0.717, 1.165) is 21.3 Å². The maximum absolute atomic E-state index is 12.2. The summed E-state index contributed by atoms with van der Waals surface area (Å²) in [6.45, 7) is 0.389. The van der Waals surface area contributed by atoms with E-state index in [1.54, 1.807) is 22.9 Å². The minimum absolute atomic E-state index is 0.122. The van der Waals surface area contributed by atoms with E-state index in [1.165, 1.54) is 0 Å². The van der Waals surface area contributed by atoms with Crippen LogP contribution in [0.25, 0.3) is 16.3 Å². The minimum atomic E-state index is -0.235. The zero-order chi connectivity index (χ0) is 17.9. The molecule has 3 aromatic rings. The molecule has 1 aliphatic heterocycles. The number of nitrogens with one attached hydrogen (secondary N) is 2. The van der Waals surface area contributed by atoms with Crippen LogP contribution < -0.4 is 16.4 Å². The Hall–Kier alpha value is -3.03. The van der Waals surface area contributed by atoms with Crippen LogP contribution >= 0.6 is 11.3 Å². The maximum Gasteiger partial charge on any atom is 0.276 e. The number of rotatable bonds is 4. The van der Waals surface area contributed by atoms with Crippen LogP contribution in [0.15, 0.2) is 64.7 Å². The fourth-order valence-electron chi connectivity index (χ4n) is 2.78. The molecule has 2 heterocycles. The first kappa shape index (κ1) is 16.4. The summed E-state index contributed by atoms with van der Waals surface area (Å²) in [4.78, 5) is 20.9. The predicted molar refractivity (Wildman–Crippen MR) is 105 cm³/mol. The molecular weight excluding hydrogens is 346 g/mol. The van der Waals surface area contributed by atoms with E-state index >= 15 is 0 Å². The number of nitrogens with two attached hydrogens (primary N) is 1. The summed E-state index contributed by atoms with van der Waals surface area (Å²) in [6, 6.07) is 15.6. The van der Waals surface area contributed by atoms with Gasteiger partial charge in [0.1, 0.15) is 5.70 Å². The topological polar surface area (TPSA) is 92.4 Å². The lowest BCUT2D eigenvalue weighted by Crippen LogP contribution is -2.40. The van der Waals surface area contributed by atoms with Gasteiger partial charge in [-0.25, -0.2) is 9.98 Å². The smallest absolute Gasteiger partial charge is 0.276 e. The standard InChI is InChI=1S/C19H17N5OS/c20-10-16(13-4-2-1-3-5-13)23-19-22-15(18(25)24-19)8-12-6-7-14-17(9-12)26-11-21-14/h1-9,11,16H,10,20H2,(H2,22,23,24,25)/b15-8-/t16-/m0/s1. The van der Waals surface area contributed by atoms with Gasteiger partial charge in [0, 0.05) is 6.54 Å². The molecule has 26 heavy (non-hydrogen) atoms. The van der Waals surface area contributed by atoms with Gasteiger partial charge in [0.25, 0.3) is 5.91 Å².